The van der Waals surface area contributed by atoms with Crippen molar-refractivity contribution in [2.75, 3.05) is 4.72 Å². The molecule has 0 aliphatic carbocycles. The highest BCUT2D eigenvalue weighted by atomic mass is 35.5. The average molecular weight is 364 g/mol. The van der Waals surface area contributed by atoms with E-state index in [4.69, 9.17) is 16.1 Å². The predicted molar refractivity (Wildman–Crippen MR) is 92.2 cm³/mol. The summed E-state index contributed by atoms with van der Waals surface area (Å²) in [6.07, 6.45) is 0. The summed E-state index contributed by atoms with van der Waals surface area (Å²) < 4.78 is 32.3. The van der Waals surface area contributed by atoms with Crippen LogP contribution in [-0.4, -0.2) is 18.6 Å². The standard InChI is InChI=1S/C16H14ClN3O3S/c1-11-18-16(23-19-11)12-6-4-7-14(9-12)20-24(21,22)10-13-5-2-3-8-15(13)17/h2-9,20H,10H2,1H3. The number of hydrogen-bond donors (Lipinski definition) is 1. The lowest BCUT2D eigenvalue weighted by atomic mass is 10.2. The minimum absolute atomic E-state index is 0.212. The molecule has 8 heteroatoms. The normalized spacial score (nSPS) is 11.4. The smallest absolute Gasteiger partial charge is 0.257 e. The Morgan fingerprint density at radius 3 is 2.67 bits per heavy atom. The van der Waals surface area contributed by atoms with Gasteiger partial charge in [0.2, 0.25) is 10.0 Å². The highest BCUT2D eigenvalue weighted by Crippen LogP contribution is 2.23. The molecule has 0 aliphatic rings. The van der Waals surface area contributed by atoms with Crippen LogP contribution < -0.4 is 4.72 Å². The van der Waals surface area contributed by atoms with Crippen LogP contribution in [0.4, 0.5) is 5.69 Å². The van der Waals surface area contributed by atoms with Gasteiger partial charge in [-0.3, -0.25) is 4.72 Å². The zero-order valence-electron chi connectivity index (χ0n) is 12.7. The van der Waals surface area contributed by atoms with Crippen LogP contribution in [0.3, 0.4) is 0 Å². The van der Waals surface area contributed by atoms with Gasteiger partial charge >= 0.3 is 0 Å². The minimum atomic E-state index is -3.61. The van der Waals surface area contributed by atoms with Gasteiger partial charge in [0.05, 0.1) is 5.75 Å². The first-order valence-corrected chi connectivity index (χ1v) is 9.11. The fourth-order valence-corrected chi connectivity index (χ4v) is 3.67. The molecule has 24 heavy (non-hydrogen) atoms. The Kier molecular flexibility index (Phi) is 4.55. The molecule has 1 N–H and O–H groups in total. The molecule has 0 bridgehead atoms. The van der Waals surface area contributed by atoms with E-state index in [0.717, 1.165) is 0 Å². The molecule has 3 rings (SSSR count). The Balaban J connectivity index is 1.81. The van der Waals surface area contributed by atoms with Gasteiger partial charge in [-0.1, -0.05) is 41.0 Å². The SMILES string of the molecule is Cc1noc(-c2cccc(NS(=O)(=O)Cc3ccccc3Cl)c2)n1. The van der Waals surface area contributed by atoms with E-state index in [9.17, 15) is 8.42 Å². The zero-order chi connectivity index (χ0) is 17.2. The molecule has 0 unspecified atom stereocenters. The van der Waals surface area contributed by atoms with Crippen molar-refractivity contribution < 1.29 is 12.9 Å². The summed E-state index contributed by atoms with van der Waals surface area (Å²) in [4.78, 5) is 4.13. The fraction of sp³-hybridized carbons (Fsp3) is 0.125. The third kappa shape index (κ3) is 3.93. The van der Waals surface area contributed by atoms with Crippen molar-refractivity contribution in [3.05, 3.63) is 64.9 Å². The predicted octanol–water partition coefficient (Wildman–Crippen LogP) is 3.64. The van der Waals surface area contributed by atoms with Crippen molar-refractivity contribution >= 4 is 27.3 Å². The molecule has 0 spiro atoms. The molecule has 0 radical (unpaired) electrons. The van der Waals surface area contributed by atoms with Crippen LogP contribution in [0.1, 0.15) is 11.4 Å². The van der Waals surface area contributed by atoms with E-state index in [-0.39, 0.29) is 5.75 Å². The third-order valence-electron chi connectivity index (χ3n) is 3.21. The molecule has 0 saturated carbocycles. The lowest BCUT2D eigenvalue weighted by molar-refractivity contribution is 0.425. The van der Waals surface area contributed by atoms with Crippen molar-refractivity contribution in [1.82, 2.24) is 10.1 Å². The first kappa shape index (κ1) is 16.5. The highest BCUT2D eigenvalue weighted by Gasteiger charge is 2.15. The van der Waals surface area contributed by atoms with Crippen molar-refractivity contribution in [3.63, 3.8) is 0 Å². The molecule has 0 atom stereocenters. The summed E-state index contributed by atoms with van der Waals surface area (Å²) in [5.74, 6) is 0.630. The van der Waals surface area contributed by atoms with E-state index in [1.54, 1.807) is 55.5 Å². The molecule has 0 aliphatic heterocycles. The Morgan fingerprint density at radius 1 is 1.17 bits per heavy atom. The second kappa shape index (κ2) is 6.62. The van der Waals surface area contributed by atoms with Crippen LogP contribution >= 0.6 is 11.6 Å². The van der Waals surface area contributed by atoms with E-state index in [2.05, 4.69) is 14.9 Å². The zero-order valence-corrected chi connectivity index (χ0v) is 14.3. The first-order valence-electron chi connectivity index (χ1n) is 7.07. The number of sulfonamides is 1. The number of anilines is 1. The Labute approximate surface area is 144 Å². The van der Waals surface area contributed by atoms with Gasteiger partial charge in [0.25, 0.3) is 5.89 Å². The van der Waals surface area contributed by atoms with Crippen LogP contribution in [0.5, 0.6) is 0 Å². The molecule has 124 valence electrons. The average Bonchev–Trinajstić information content (AvgIpc) is 2.96. The van der Waals surface area contributed by atoms with Gasteiger partial charge in [-0.25, -0.2) is 8.42 Å². The van der Waals surface area contributed by atoms with E-state index < -0.39 is 10.0 Å². The minimum Gasteiger partial charge on any atom is -0.334 e. The quantitative estimate of drug-likeness (QED) is 0.748. The molecule has 0 amide bonds. The fourth-order valence-electron chi connectivity index (χ4n) is 2.17. The number of nitrogens with one attached hydrogen (secondary N) is 1. The third-order valence-corrected chi connectivity index (χ3v) is 4.82. The van der Waals surface area contributed by atoms with Crippen LogP contribution in [0.15, 0.2) is 53.1 Å². The van der Waals surface area contributed by atoms with Gasteiger partial charge < -0.3 is 4.52 Å². The molecule has 1 heterocycles. The second-order valence-electron chi connectivity index (χ2n) is 5.18. The Hall–Kier alpha value is -2.38. The van der Waals surface area contributed by atoms with Gasteiger partial charge in [-0.05, 0) is 36.8 Å². The molecule has 2 aromatic carbocycles. The summed E-state index contributed by atoms with van der Waals surface area (Å²) in [5.41, 5.74) is 1.58. The highest BCUT2D eigenvalue weighted by molar-refractivity contribution is 7.91. The van der Waals surface area contributed by atoms with Crippen LogP contribution in [0.2, 0.25) is 5.02 Å². The molecule has 1 aromatic heterocycles. The van der Waals surface area contributed by atoms with Crippen molar-refractivity contribution in [3.8, 4) is 11.5 Å². The lowest BCUT2D eigenvalue weighted by Crippen LogP contribution is -2.15. The number of aromatic nitrogens is 2. The van der Waals surface area contributed by atoms with Gasteiger partial charge in [0.1, 0.15) is 0 Å². The molecular formula is C16H14ClN3O3S. The van der Waals surface area contributed by atoms with Crippen LogP contribution in [0.25, 0.3) is 11.5 Å². The molecule has 0 fully saturated rings. The Morgan fingerprint density at radius 2 is 1.96 bits per heavy atom. The summed E-state index contributed by atoms with van der Waals surface area (Å²) in [6.45, 7) is 1.71. The molecule has 0 saturated heterocycles. The summed E-state index contributed by atoms with van der Waals surface area (Å²) in [5, 5.41) is 4.14. The molecule has 6 nitrogen and oxygen atoms in total. The van der Waals surface area contributed by atoms with Gasteiger partial charge in [-0.2, -0.15) is 4.98 Å². The lowest BCUT2D eigenvalue weighted by Gasteiger charge is -2.09. The van der Waals surface area contributed by atoms with E-state index in [1.165, 1.54) is 0 Å². The number of benzene rings is 2. The van der Waals surface area contributed by atoms with Gasteiger partial charge in [-0.15, -0.1) is 0 Å². The Bertz CT molecular complexity index is 970. The summed E-state index contributed by atoms with van der Waals surface area (Å²) in [7, 11) is -3.61. The summed E-state index contributed by atoms with van der Waals surface area (Å²) in [6, 6.07) is 13.6. The maximum Gasteiger partial charge on any atom is 0.257 e. The van der Waals surface area contributed by atoms with Crippen molar-refractivity contribution in [2.24, 2.45) is 0 Å². The number of nitrogens with zero attached hydrogens (tertiary/aromatic N) is 2. The first-order chi connectivity index (χ1) is 11.4. The van der Waals surface area contributed by atoms with E-state index in [0.29, 0.717) is 33.6 Å². The van der Waals surface area contributed by atoms with Gasteiger partial charge in [0.15, 0.2) is 5.82 Å². The number of aryl methyl sites for hydroxylation is 1. The second-order valence-corrected chi connectivity index (χ2v) is 7.31. The number of hydrogen-bond acceptors (Lipinski definition) is 5. The number of rotatable bonds is 5. The summed E-state index contributed by atoms with van der Waals surface area (Å²) >= 11 is 6.02. The van der Waals surface area contributed by atoms with Crippen molar-refractivity contribution in [1.29, 1.82) is 0 Å². The van der Waals surface area contributed by atoms with Crippen LogP contribution in [-0.2, 0) is 15.8 Å². The van der Waals surface area contributed by atoms with Crippen molar-refractivity contribution in [2.45, 2.75) is 12.7 Å². The molecular weight excluding hydrogens is 350 g/mol. The van der Waals surface area contributed by atoms with E-state index in [1.807, 2.05) is 0 Å². The molecule has 3 aromatic rings. The number of halogens is 1. The largest absolute Gasteiger partial charge is 0.334 e. The maximum absolute atomic E-state index is 12.4. The monoisotopic (exact) mass is 363 g/mol. The van der Waals surface area contributed by atoms with Crippen LogP contribution in [0, 0.1) is 6.92 Å². The topological polar surface area (TPSA) is 85.1 Å². The van der Waals surface area contributed by atoms with Gasteiger partial charge in [0, 0.05) is 16.3 Å². The maximum atomic E-state index is 12.4. The van der Waals surface area contributed by atoms with E-state index >= 15 is 0 Å².